The zero-order valence-electron chi connectivity index (χ0n) is 10.9. The Morgan fingerprint density at radius 3 is 1.67 bits per heavy atom. The minimum Gasteiger partial charge on any atom is -0.372 e. The van der Waals surface area contributed by atoms with Crippen LogP contribution in [0.15, 0.2) is 24.3 Å². The molecule has 0 aliphatic carbocycles. The third-order valence-corrected chi connectivity index (χ3v) is 2.47. The molecule has 15 heavy (non-hydrogen) atoms. The molecule has 0 saturated carbocycles. The number of anilines is 1. The van der Waals surface area contributed by atoms with Gasteiger partial charge in [0.05, 0.1) is 0 Å². The smallest absolute Gasteiger partial charge is 0.0366 e. The maximum atomic E-state index is 2.36. The molecule has 0 unspecified atom stereocenters. The molecular weight excluding hydrogens is 182 g/mol. The number of rotatable bonds is 4. The summed E-state index contributed by atoms with van der Waals surface area (Å²) in [6.45, 7) is 12.7. The summed E-state index contributed by atoms with van der Waals surface area (Å²) in [5.74, 6) is 0. The standard InChI is InChI=1S/C12H19N.C2H6/c1-4-11-7-9-12(10-8-11)13(5-2)6-3;1-2/h7-10H,4-6H2,1-3H3;1-2H3. The molecule has 1 rings (SSSR count). The van der Waals surface area contributed by atoms with E-state index in [0.29, 0.717) is 0 Å². The van der Waals surface area contributed by atoms with Gasteiger partial charge in [0.25, 0.3) is 0 Å². The maximum absolute atomic E-state index is 2.36. The van der Waals surface area contributed by atoms with E-state index in [-0.39, 0.29) is 0 Å². The number of hydrogen-bond donors (Lipinski definition) is 0. The van der Waals surface area contributed by atoms with Gasteiger partial charge < -0.3 is 4.90 Å². The number of hydrogen-bond acceptors (Lipinski definition) is 1. The summed E-state index contributed by atoms with van der Waals surface area (Å²) in [5, 5.41) is 0. The molecule has 0 amide bonds. The topological polar surface area (TPSA) is 3.24 Å². The van der Waals surface area contributed by atoms with Crippen LogP contribution in [0.5, 0.6) is 0 Å². The SMILES string of the molecule is CC.CCc1ccc(N(CC)CC)cc1. The van der Waals surface area contributed by atoms with Gasteiger partial charge >= 0.3 is 0 Å². The Bertz CT molecular complexity index is 234. The Morgan fingerprint density at radius 1 is 0.867 bits per heavy atom. The molecule has 1 nitrogen and oxygen atoms in total. The van der Waals surface area contributed by atoms with Crippen molar-refractivity contribution in [2.45, 2.75) is 41.0 Å². The van der Waals surface area contributed by atoms with Gasteiger partial charge in [-0.3, -0.25) is 0 Å². The summed E-state index contributed by atoms with van der Waals surface area (Å²) in [5.41, 5.74) is 2.75. The van der Waals surface area contributed by atoms with E-state index >= 15 is 0 Å². The minimum absolute atomic E-state index is 1.09. The molecule has 1 heteroatoms. The van der Waals surface area contributed by atoms with Crippen LogP contribution in [0.3, 0.4) is 0 Å². The van der Waals surface area contributed by atoms with Crippen LogP contribution in [-0.2, 0) is 6.42 Å². The summed E-state index contributed by atoms with van der Waals surface area (Å²) in [6, 6.07) is 8.86. The highest BCUT2D eigenvalue weighted by Gasteiger charge is 1.99. The van der Waals surface area contributed by atoms with E-state index in [9.17, 15) is 0 Å². The van der Waals surface area contributed by atoms with Crippen LogP contribution in [0.25, 0.3) is 0 Å². The van der Waals surface area contributed by atoms with Crippen LogP contribution in [0.4, 0.5) is 5.69 Å². The van der Waals surface area contributed by atoms with Crippen molar-refractivity contribution in [2.75, 3.05) is 18.0 Å². The van der Waals surface area contributed by atoms with E-state index in [4.69, 9.17) is 0 Å². The second kappa shape index (κ2) is 8.34. The molecule has 0 fully saturated rings. The van der Waals surface area contributed by atoms with Gasteiger partial charge in [0.2, 0.25) is 0 Å². The van der Waals surface area contributed by atoms with Gasteiger partial charge in [-0.15, -0.1) is 0 Å². The highest BCUT2D eigenvalue weighted by Crippen LogP contribution is 2.14. The van der Waals surface area contributed by atoms with Gasteiger partial charge in [0.15, 0.2) is 0 Å². The van der Waals surface area contributed by atoms with E-state index in [1.807, 2.05) is 13.8 Å². The highest BCUT2D eigenvalue weighted by molar-refractivity contribution is 5.47. The second-order valence-corrected chi connectivity index (χ2v) is 3.19. The van der Waals surface area contributed by atoms with Crippen molar-refractivity contribution in [3.8, 4) is 0 Å². The van der Waals surface area contributed by atoms with Crippen LogP contribution in [0.1, 0.15) is 40.2 Å². The van der Waals surface area contributed by atoms with Crippen molar-refractivity contribution in [2.24, 2.45) is 0 Å². The summed E-state index contributed by atoms with van der Waals surface area (Å²) < 4.78 is 0. The van der Waals surface area contributed by atoms with Crippen LogP contribution >= 0.6 is 0 Å². The minimum atomic E-state index is 1.09. The molecule has 1 aromatic rings. The highest BCUT2D eigenvalue weighted by atomic mass is 15.1. The molecule has 0 bridgehead atoms. The summed E-state index contributed by atoms with van der Waals surface area (Å²) >= 11 is 0. The van der Waals surface area contributed by atoms with Gasteiger partial charge in [-0.25, -0.2) is 0 Å². The fourth-order valence-corrected chi connectivity index (χ4v) is 1.53. The lowest BCUT2D eigenvalue weighted by molar-refractivity contribution is 0.865. The van der Waals surface area contributed by atoms with Crippen molar-refractivity contribution in [3.63, 3.8) is 0 Å². The van der Waals surface area contributed by atoms with Gasteiger partial charge in [0.1, 0.15) is 0 Å². The Morgan fingerprint density at radius 2 is 1.33 bits per heavy atom. The molecule has 0 spiro atoms. The van der Waals surface area contributed by atoms with Gasteiger partial charge in [-0.1, -0.05) is 32.9 Å². The average Bonchev–Trinajstić information content (AvgIpc) is 2.34. The lowest BCUT2D eigenvalue weighted by Crippen LogP contribution is -2.21. The largest absolute Gasteiger partial charge is 0.372 e. The van der Waals surface area contributed by atoms with Crippen molar-refractivity contribution < 1.29 is 0 Å². The van der Waals surface area contributed by atoms with Gasteiger partial charge in [0, 0.05) is 18.8 Å². The molecule has 0 N–H and O–H groups in total. The monoisotopic (exact) mass is 207 g/mol. The molecule has 0 aliphatic heterocycles. The molecular formula is C14H25N. The fraction of sp³-hybridized carbons (Fsp3) is 0.571. The van der Waals surface area contributed by atoms with Crippen molar-refractivity contribution in [1.29, 1.82) is 0 Å². The van der Waals surface area contributed by atoms with Crippen LogP contribution < -0.4 is 4.90 Å². The third kappa shape index (κ3) is 4.37. The van der Waals surface area contributed by atoms with Crippen LogP contribution in [0, 0.1) is 0 Å². The fourth-order valence-electron chi connectivity index (χ4n) is 1.53. The molecule has 1 aromatic carbocycles. The van der Waals surface area contributed by atoms with E-state index in [0.717, 1.165) is 19.5 Å². The van der Waals surface area contributed by atoms with E-state index in [1.54, 1.807) is 0 Å². The summed E-state index contributed by atoms with van der Waals surface area (Å²) in [7, 11) is 0. The number of benzene rings is 1. The maximum Gasteiger partial charge on any atom is 0.0366 e. The molecule has 0 heterocycles. The molecule has 0 aromatic heterocycles. The predicted octanol–water partition coefficient (Wildman–Crippen LogP) is 4.12. The average molecular weight is 207 g/mol. The molecule has 86 valence electrons. The Hall–Kier alpha value is -0.980. The van der Waals surface area contributed by atoms with Gasteiger partial charge in [-0.2, -0.15) is 0 Å². The molecule has 0 saturated heterocycles. The molecule has 0 aliphatic rings. The summed E-state index contributed by atoms with van der Waals surface area (Å²) in [4.78, 5) is 2.36. The zero-order valence-corrected chi connectivity index (χ0v) is 10.9. The lowest BCUT2D eigenvalue weighted by atomic mass is 10.1. The molecule has 0 radical (unpaired) electrons. The third-order valence-electron chi connectivity index (χ3n) is 2.47. The molecule has 0 atom stereocenters. The first-order valence-corrected chi connectivity index (χ1v) is 6.15. The first kappa shape index (κ1) is 14.0. The van der Waals surface area contributed by atoms with E-state index < -0.39 is 0 Å². The second-order valence-electron chi connectivity index (χ2n) is 3.19. The van der Waals surface area contributed by atoms with Crippen molar-refractivity contribution in [1.82, 2.24) is 0 Å². The Kier molecular flexibility index (Phi) is 7.79. The Balaban J connectivity index is 0.000000921. The van der Waals surface area contributed by atoms with Crippen LogP contribution in [-0.4, -0.2) is 13.1 Å². The van der Waals surface area contributed by atoms with Crippen molar-refractivity contribution in [3.05, 3.63) is 29.8 Å². The van der Waals surface area contributed by atoms with E-state index in [2.05, 4.69) is 49.9 Å². The first-order chi connectivity index (χ1) is 7.31. The first-order valence-electron chi connectivity index (χ1n) is 6.15. The van der Waals surface area contributed by atoms with Gasteiger partial charge in [-0.05, 0) is 38.0 Å². The predicted molar refractivity (Wildman–Crippen MR) is 70.7 cm³/mol. The normalized spacial score (nSPS) is 9.13. The Labute approximate surface area is 95.1 Å². The van der Waals surface area contributed by atoms with E-state index in [1.165, 1.54) is 11.3 Å². The van der Waals surface area contributed by atoms with Crippen LogP contribution in [0.2, 0.25) is 0 Å². The summed E-state index contributed by atoms with van der Waals surface area (Å²) in [6.07, 6.45) is 1.12. The lowest BCUT2D eigenvalue weighted by Gasteiger charge is -2.20. The number of nitrogens with zero attached hydrogens (tertiary/aromatic N) is 1. The zero-order chi connectivity index (χ0) is 11.7. The number of aryl methyl sites for hydroxylation is 1. The quantitative estimate of drug-likeness (QED) is 0.718. The van der Waals surface area contributed by atoms with Crippen molar-refractivity contribution >= 4 is 5.69 Å².